The Labute approximate surface area is 119 Å². The van der Waals surface area contributed by atoms with E-state index in [1.54, 1.807) is 6.92 Å². The number of halogens is 1. The first-order chi connectivity index (χ1) is 8.60. The zero-order chi connectivity index (χ0) is 12.8. The van der Waals surface area contributed by atoms with E-state index in [9.17, 15) is 4.79 Å². The first-order valence-corrected chi connectivity index (χ1v) is 6.54. The highest BCUT2D eigenvalue weighted by Crippen LogP contribution is 2.36. The van der Waals surface area contributed by atoms with Crippen molar-refractivity contribution in [1.82, 2.24) is 15.2 Å². The Hall–Kier alpha value is -1.07. The summed E-state index contributed by atoms with van der Waals surface area (Å²) in [5.41, 5.74) is 1.00. The van der Waals surface area contributed by atoms with E-state index in [0.717, 1.165) is 32.6 Å². The summed E-state index contributed by atoms with van der Waals surface area (Å²) in [5, 5.41) is 3.40. The van der Waals surface area contributed by atoms with Crippen LogP contribution in [0.1, 0.15) is 35.0 Å². The standard InChI is InChI=1S/C13H19N3O2.ClH/c1-9-11(18-10(2)15-9)12(17)16-6-4-13(8-16)3-5-14-7-13;/h14H,3-8H2,1-2H3;1H. The molecule has 106 valence electrons. The van der Waals surface area contributed by atoms with Gasteiger partial charge in [0.2, 0.25) is 5.76 Å². The van der Waals surface area contributed by atoms with Crippen LogP contribution in [-0.2, 0) is 0 Å². The van der Waals surface area contributed by atoms with Crippen LogP contribution in [0.4, 0.5) is 0 Å². The molecule has 2 saturated heterocycles. The minimum atomic E-state index is -0.00289. The first kappa shape index (κ1) is 14.3. The Morgan fingerprint density at radius 2 is 2.21 bits per heavy atom. The number of hydrogen-bond donors (Lipinski definition) is 1. The summed E-state index contributed by atoms with van der Waals surface area (Å²) in [6.07, 6.45) is 2.27. The Morgan fingerprint density at radius 1 is 1.42 bits per heavy atom. The number of nitrogens with one attached hydrogen (secondary N) is 1. The second kappa shape index (κ2) is 5.13. The summed E-state index contributed by atoms with van der Waals surface area (Å²) in [6.45, 7) is 7.38. The molecule has 0 radical (unpaired) electrons. The third-order valence-electron chi connectivity index (χ3n) is 4.16. The summed E-state index contributed by atoms with van der Waals surface area (Å²) in [5.74, 6) is 0.972. The van der Waals surface area contributed by atoms with Gasteiger partial charge in [0.15, 0.2) is 5.89 Å². The number of carbonyl (C=O) groups excluding carboxylic acids is 1. The van der Waals surface area contributed by atoms with Gasteiger partial charge in [-0.3, -0.25) is 4.79 Å². The number of amides is 1. The zero-order valence-corrected chi connectivity index (χ0v) is 12.2. The Kier molecular flexibility index (Phi) is 3.87. The van der Waals surface area contributed by atoms with Gasteiger partial charge in [-0.2, -0.15) is 0 Å². The van der Waals surface area contributed by atoms with Gasteiger partial charge in [0, 0.05) is 32.0 Å². The van der Waals surface area contributed by atoms with E-state index in [2.05, 4.69) is 10.3 Å². The molecular weight excluding hydrogens is 266 g/mol. The number of likely N-dealkylation sites (tertiary alicyclic amines) is 1. The van der Waals surface area contributed by atoms with Crippen molar-refractivity contribution < 1.29 is 9.21 Å². The third-order valence-corrected chi connectivity index (χ3v) is 4.16. The van der Waals surface area contributed by atoms with Crippen molar-refractivity contribution in [2.75, 3.05) is 26.2 Å². The monoisotopic (exact) mass is 285 g/mol. The van der Waals surface area contributed by atoms with Gasteiger partial charge in [0.1, 0.15) is 0 Å². The van der Waals surface area contributed by atoms with E-state index < -0.39 is 0 Å². The van der Waals surface area contributed by atoms with E-state index in [-0.39, 0.29) is 18.3 Å². The van der Waals surface area contributed by atoms with E-state index in [1.807, 2.05) is 11.8 Å². The molecule has 3 rings (SSSR count). The highest BCUT2D eigenvalue weighted by Gasteiger charge is 2.42. The first-order valence-electron chi connectivity index (χ1n) is 6.54. The fraction of sp³-hybridized carbons (Fsp3) is 0.692. The van der Waals surface area contributed by atoms with Crippen LogP contribution in [0, 0.1) is 19.3 Å². The number of aromatic nitrogens is 1. The summed E-state index contributed by atoms with van der Waals surface area (Å²) in [4.78, 5) is 18.5. The van der Waals surface area contributed by atoms with Crippen molar-refractivity contribution in [3.8, 4) is 0 Å². The lowest BCUT2D eigenvalue weighted by Gasteiger charge is -2.22. The quantitative estimate of drug-likeness (QED) is 0.850. The van der Waals surface area contributed by atoms with E-state index >= 15 is 0 Å². The number of aryl methyl sites for hydroxylation is 2. The Morgan fingerprint density at radius 3 is 2.79 bits per heavy atom. The van der Waals surface area contributed by atoms with Crippen molar-refractivity contribution in [2.24, 2.45) is 5.41 Å². The molecule has 2 aliphatic heterocycles. The minimum Gasteiger partial charge on any atom is -0.436 e. The van der Waals surface area contributed by atoms with Crippen molar-refractivity contribution in [3.63, 3.8) is 0 Å². The second-order valence-corrected chi connectivity index (χ2v) is 5.55. The predicted molar refractivity (Wildman–Crippen MR) is 73.7 cm³/mol. The summed E-state index contributed by atoms with van der Waals surface area (Å²) in [6, 6.07) is 0. The minimum absolute atomic E-state index is 0. The lowest BCUT2D eigenvalue weighted by atomic mass is 9.87. The molecule has 1 aromatic heterocycles. The van der Waals surface area contributed by atoms with Crippen LogP contribution in [-0.4, -0.2) is 42.0 Å². The molecule has 1 unspecified atom stereocenters. The number of rotatable bonds is 1. The third kappa shape index (κ3) is 2.49. The van der Waals surface area contributed by atoms with Gasteiger partial charge < -0.3 is 14.6 Å². The molecular formula is C13H20ClN3O2. The normalized spacial score (nSPS) is 25.9. The maximum Gasteiger partial charge on any atom is 0.291 e. The van der Waals surface area contributed by atoms with Crippen LogP contribution in [0.3, 0.4) is 0 Å². The molecule has 2 fully saturated rings. The topological polar surface area (TPSA) is 58.4 Å². The van der Waals surface area contributed by atoms with Crippen molar-refractivity contribution in [1.29, 1.82) is 0 Å². The average molecular weight is 286 g/mol. The van der Waals surface area contributed by atoms with Gasteiger partial charge in [-0.25, -0.2) is 4.98 Å². The van der Waals surface area contributed by atoms with Crippen molar-refractivity contribution in [2.45, 2.75) is 26.7 Å². The number of carbonyl (C=O) groups is 1. The summed E-state index contributed by atoms with van der Waals surface area (Å²) < 4.78 is 5.42. The molecule has 0 bridgehead atoms. The van der Waals surface area contributed by atoms with Crippen LogP contribution in [0.25, 0.3) is 0 Å². The zero-order valence-electron chi connectivity index (χ0n) is 11.4. The van der Waals surface area contributed by atoms with Gasteiger partial charge in [-0.05, 0) is 26.3 Å². The molecule has 1 N–H and O–H groups in total. The van der Waals surface area contributed by atoms with Crippen LogP contribution in [0.2, 0.25) is 0 Å². The Balaban J connectivity index is 0.00000133. The molecule has 6 heteroatoms. The highest BCUT2D eigenvalue weighted by atomic mass is 35.5. The molecule has 3 heterocycles. The maximum atomic E-state index is 12.4. The molecule has 2 aliphatic rings. The smallest absolute Gasteiger partial charge is 0.291 e. The summed E-state index contributed by atoms with van der Waals surface area (Å²) in [7, 11) is 0. The summed E-state index contributed by atoms with van der Waals surface area (Å²) >= 11 is 0. The second-order valence-electron chi connectivity index (χ2n) is 5.55. The van der Waals surface area contributed by atoms with E-state index in [1.165, 1.54) is 6.42 Å². The average Bonchev–Trinajstić information content (AvgIpc) is 3.02. The molecule has 0 aliphatic carbocycles. The molecule has 0 aromatic carbocycles. The fourth-order valence-electron chi connectivity index (χ4n) is 3.13. The van der Waals surface area contributed by atoms with Crippen LogP contribution in [0.5, 0.6) is 0 Å². The van der Waals surface area contributed by atoms with Crippen molar-refractivity contribution in [3.05, 3.63) is 17.3 Å². The van der Waals surface area contributed by atoms with Gasteiger partial charge in [0.25, 0.3) is 5.91 Å². The Bertz CT molecular complexity index is 480. The van der Waals surface area contributed by atoms with Crippen molar-refractivity contribution >= 4 is 18.3 Å². The van der Waals surface area contributed by atoms with E-state index in [4.69, 9.17) is 4.42 Å². The van der Waals surface area contributed by atoms with E-state index in [0.29, 0.717) is 22.8 Å². The van der Waals surface area contributed by atoms with Gasteiger partial charge in [-0.15, -0.1) is 12.4 Å². The molecule has 5 nitrogen and oxygen atoms in total. The van der Waals surface area contributed by atoms with Gasteiger partial charge >= 0.3 is 0 Å². The number of hydrogen-bond acceptors (Lipinski definition) is 4. The van der Waals surface area contributed by atoms with Gasteiger partial charge in [0.05, 0.1) is 5.69 Å². The largest absolute Gasteiger partial charge is 0.436 e. The molecule has 0 saturated carbocycles. The van der Waals surface area contributed by atoms with Crippen LogP contribution < -0.4 is 5.32 Å². The molecule has 1 spiro atoms. The number of nitrogens with zero attached hydrogens (tertiary/aromatic N) is 2. The molecule has 1 aromatic rings. The van der Waals surface area contributed by atoms with Crippen LogP contribution >= 0.6 is 12.4 Å². The highest BCUT2D eigenvalue weighted by molar-refractivity contribution is 5.92. The SMILES string of the molecule is Cc1nc(C)c(C(=O)N2CCC3(CCNC3)C2)o1.Cl. The van der Waals surface area contributed by atoms with Crippen LogP contribution in [0.15, 0.2) is 4.42 Å². The fourth-order valence-corrected chi connectivity index (χ4v) is 3.13. The molecule has 1 atom stereocenters. The predicted octanol–water partition coefficient (Wildman–Crippen LogP) is 1.54. The molecule has 1 amide bonds. The molecule has 19 heavy (non-hydrogen) atoms. The number of oxazole rings is 1. The lowest BCUT2D eigenvalue weighted by Crippen LogP contribution is -2.33. The van der Waals surface area contributed by atoms with Gasteiger partial charge in [-0.1, -0.05) is 0 Å². The maximum absolute atomic E-state index is 12.4. The lowest BCUT2D eigenvalue weighted by molar-refractivity contribution is 0.0741.